The number of halogens is 2. The van der Waals surface area contributed by atoms with Gasteiger partial charge in [0, 0.05) is 12.6 Å². The van der Waals surface area contributed by atoms with Crippen molar-refractivity contribution in [2.75, 3.05) is 13.2 Å². The van der Waals surface area contributed by atoms with Gasteiger partial charge in [0.25, 0.3) is 0 Å². The molecule has 0 spiro atoms. The van der Waals surface area contributed by atoms with Crippen LogP contribution in [0.4, 0.5) is 0 Å². The Kier molecular flexibility index (Phi) is 4.69. The lowest BCUT2D eigenvalue weighted by atomic mass is 10.0. The number of benzene rings is 1. The zero-order valence-corrected chi connectivity index (χ0v) is 11.2. The van der Waals surface area contributed by atoms with Crippen LogP contribution >= 0.6 is 23.2 Å². The number of piperidine rings is 1. The van der Waals surface area contributed by atoms with Crippen molar-refractivity contribution in [3.63, 3.8) is 0 Å². The van der Waals surface area contributed by atoms with Gasteiger partial charge < -0.3 is 5.11 Å². The van der Waals surface area contributed by atoms with E-state index < -0.39 is 0 Å². The number of likely N-dealkylation sites (tertiary alicyclic amines) is 1. The first-order chi connectivity index (χ1) is 8.22. The van der Waals surface area contributed by atoms with Crippen molar-refractivity contribution in [3.05, 3.63) is 33.8 Å². The van der Waals surface area contributed by atoms with Gasteiger partial charge in [-0.15, -0.1) is 0 Å². The van der Waals surface area contributed by atoms with Crippen molar-refractivity contribution in [2.45, 2.75) is 31.8 Å². The van der Waals surface area contributed by atoms with Crippen molar-refractivity contribution in [1.82, 2.24) is 4.90 Å². The van der Waals surface area contributed by atoms with Crippen LogP contribution in [0.2, 0.25) is 10.0 Å². The average molecular weight is 274 g/mol. The summed E-state index contributed by atoms with van der Waals surface area (Å²) in [6.45, 7) is 2.01. The smallest absolute Gasteiger partial charge is 0.0637 e. The maximum Gasteiger partial charge on any atom is 0.0637 e. The van der Waals surface area contributed by atoms with E-state index in [-0.39, 0.29) is 12.6 Å². The summed E-state index contributed by atoms with van der Waals surface area (Å²) in [4.78, 5) is 2.29. The van der Waals surface area contributed by atoms with E-state index >= 15 is 0 Å². The van der Waals surface area contributed by atoms with E-state index in [1.54, 1.807) is 6.07 Å². The van der Waals surface area contributed by atoms with Crippen LogP contribution in [0.1, 0.15) is 24.8 Å². The van der Waals surface area contributed by atoms with Crippen LogP contribution in [0.5, 0.6) is 0 Å². The van der Waals surface area contributed by atoms with Crippen LogP contribution in [0.15, 0.2) is 18.2 Å². The highest BCUT2D eigenvalue weighted by atomic mass is 35.5. The Labute approximate surface area is 112 Å². The Morgan fingerprint density at radius 1 is 1.29 bits per heavy atom. The maximum absolute atomic E-state index is 9.36. The van der Waals surface area contributed by atoms with Crippen LogP contribution in [0.25, 0.3) is 0 Å². The van der Waals surface area contributed by atoms with Gasteiger partial charge in [-0.05, 0) is 31.0 Å². The van der Waals surface area contributed by atoms with Crippen LogP contribution < -0.4 is 0 Å². The fraction of sp³-hybridized carbons (Fsp3) is 0.538. The molecule has 0 radical (unpaired) electrons. The third-order valence-corrected chi connectivity index (χ3v) is 4.22. The molecule has 1 aromatic rings. The molecule has 1 saturated heterocycles. The SMILES string of the molecule is OCC1CCCCN1Cc1cccc(Cl)c1Cl. The highest BCUT2D eigenvalue weighted by Crippen LogP contribution is 2.28. The molecule has 2 nitrogen and oxygen atoms in total. The summed E-state index contributed by atoms with van der Waals surface area (Å²) in [5.74, 6) is 0. The van der Waals surface area contributed by atoms with Crippen molar-refractivity contribution >= 4 is 23.2 Å². The molecule has 1 fully saturated rings. The average Bonchev–Trinajstić information content (AvgIpc) is 2.35. The lowest BCUT2D eigenvalue weighted by Gasteiger charge is -2.34. The van der Waals surface area contributed by atoms with E-state index in [1.165, 1.54) is 12.8 Å². The molecule has 0 amide bonds. The van der Waals surface area contributed by atoms with Gasteiger partial charge in [-0.2, -0.15) is 0 Å². The fourth-order valence-electron chi connectivity index (χ4n) is 2.36. The highest BCUT2D eigenvalue weighted by molar-refractivity contribution is 6.42. The Bertz CT molecular complexity index is 384. The molecular formula is C13H17Cl2NO. The number of rotatable bonds is 3. The molecule has 2 rings (SSSR count). The van der Waals surface area contributed by atoms with Crippen molar-refractivity contribution in [2.24, 2.45) is 0 Å². The summed E-state index contributed by atoms with van der Waals surface area (Å²) in [7, 11) is 0. The second-order valence-electron chi connectivity index (χ2n) is 4.52. The minimum Gasteiger partial charge on any atom is -0.395 e. The van der Waals surface area contributed by atoms with E-state index in [9.17, 15) is 5.11 Å². The second kappa shape index (κ2) is 6.05. The number of hydrogen-bond acceptors (Lipinski definition) is 2. The van der Waals surface area contributed by atoms with Crippen LogP contribution in [-0.4, -0.2) is 29.2 Å². The molecule has 4 heteroatoms. The number of hydrogen-bond donors (Lipinski definition) is 1. The molecule has 1 aliphatic heterocycles. The van der Waals surface area contributed by atoms with Crippen molar-refractivity contribution in [1.29, 1.82) is 0 Å². The Balaban J connectivity index is 2.11. The minimum atomic E-state index is 0.220. The lowest BCUT2D eigenvalue weighted by Crippen LogP contribution is -2.41. The molecule has 0 saturated carbocycles. The van der Waals surface area contributed by atoms with Gasteiger partial charge in [-0.25, -0.2) is 0 Å². The predicted molar refractivity (Wildman–Crippen MR) is 71.6 cm³/mol. The van der Waals surface area contributed by atoms with E-state index in [4.69, 9.17) is 23.2 Å². The first-order valence-corrected chi connectivity index (χ1v) is 6.75. The molecule has 1 aliphatic rings. The van der Waals surface area contributed by atoms with Crippen LogP contribution in [-0.2, 0) is 6.54 Å². The van der Waals surface area contributed by atoms with Gasteiger partial charge in [-0.1, -0.05) is 41.8 Å². The monoisotopic (exact) mass is 273 g/mol. The largest absolute Gasteiger partial charge is 0.395 e. The van der Waals surface area contributed by atoms with E-state index in [1.807, 2.05) is 12.1 Å². The van der Waals surface area contributed by atoms with Gasteiger partial charge in [0.15, 0.2) is 0 Å². The van der Waals surface area contributed by atoms with E-state index in [0.29, 0.717) is 10.0 Å². The molecule has 0 bridgehead atoms. The molecule has 1 atom stereocenters. The quantitative estimate of drug-likeness (QED) is 0.913. The van der Waals surface area contributed by atoms with Gasteiger partial charge in [0.1, 0.15) is 0 Å². The zero-order chi connectivity index (χ0) is 12.3. The molecule has 0 aromatic heterocycles. The molecular weight excluding hydrogens is 257 g/mol. The topological polar surface area (TPSA) is 23.5 Å². The van der Waals surface area contributed by atoms with Gasteiger partial charge >= 0.3 is 0 Å². The summed E-state index contributed by atoms with van der Waals surface area (Å²) in [5, 5.41) is 10.6. The number of aliphatic hydroxyl groups excluding tert-OH is 1. The van der Waals surface area contributed by atoms with Gasteiger partial charge in [-0.3, -0.25) is 4.90 Å². The third kappa shape index (κ3) is 3.14. The first kappa shape index (κ1) is 13.2. The van der Waals surface area contributed by atoms with Gasteiger partial charge in [0.05, 0.1) is 16.7 Å². The Hall–Kier alpha value is -0.280. The molecule has 17 heavy (non-hydrogen) atoms. The molecule has 1 aromatic carbocycles. The van der Waals surface area contributed by atoms with Gasteiger partial charge in [0.2, 0.25) is 0 Å². The van der Waals surface area contributed by atoms with Crippen LogP contribution in [0, 0.1) is 0 Å². The fourth-order valence-corrected chi connectivity index (χ4v) is 2.74. The lowest BCUT2D eigenvalue weighted by molar-refractivity contribution is 0.0841. The summed E-state index contributed by atoms with van der Waals surface area (Å²) >= 11 is 12.2. The predicted octanol–water partition coefficient (Wildman–Crippen LogP) is 3.34. The zero-order valence-electron chi connectivity index (χ0n) is 9.70. The van der Waals surface area contributed by atoms with Crippen molar-refractivity contribution in [3.8, 4) is 0 Å². The third-order valence-electron chi connectivity index (χ3n) is 3.36. The second-order valence-corrected chi connectivity index (χ2v) is 5.30. The molecule has 94 valence electrons. The Morgan fingerprint density at radius 3 is 2.88 bits per heavy atom. The summed E-state index contributed by atoms with van der Waals surface area (Å²) in [6.07, 6.45) is 3.45. The molecule has 0 aliphatic carbocycles. The standard InChI is InChI=1S/C13H17Cl2NO/c14-12-6-3-4-10(13(12)15)8-16-7-2-1-5-11(16)9-17/h3-4,6,11,17H,1-2,5,7-9H2. The highest BCUT2D eigenvalue weighted by Gasteiger charge is 2.22. The Morgan fingerprint density at radius 2 is 2.12 bits per heavy atom. The van der Waals surface area contributed by atoms with Crippen LogP contribution in [0.3, 0.4) is 0 Å². The first-order valence-electron chi connectivity index (χ1n) is 6.00. The molecule has 1 unspecified atom stereocenters. The van der Waals surface area contributed by atoms with E-state index in [0.717, 1.165) is 25.1 Å². The molecule has 1 heterocycles. The van der Waals surface area contributed by atoms with Crippen molar-refractivity contribution < 1.29 is 5.11 Å². The van der Waals surface area contributed by atoms with E-state index in [2.05, 4.69) is 4.90 Å². The summed E-state index contributed by atoms with van der Waals surface area (Å²) in [6, 6.07) is 5.98. The summed E-state index contributed by atoms with van der Waals surface area (Å²) < 4.78 is 0. The normalized spacial score (nSPS) is 21.7. The number of aliphatic hydroxyl groups is 1. The summed E-state index contributed by atoms with van der Waals surface area (Å²) in [5.41, 5.74) is 1.04. The minimum absolute atomic E-state index is 0.220. The molecule has 1 N–H and O–H groups in total. The number of nitrogens with zero attached hydrogens (tertiary/aromatic N) is 1. The maximum atomic E-state index is 9.36.